The maximum Gasteiger partial charge on any atom is 0.253 e. The summed E-state index contributed by atoms with van der Waals surface area (Å²) in [6.45, 7) is 1.27. The van der Waals surface area contributed by atoms with Gasteiger partial charge in [-0.25, -0.2) is 9.97 Å². The Balaban J connectivity index is 1.33. The molecule has 1 aliphatic heterocycles. The molecule has 2 aliphatic rings. The molecule has 0 unspecified atom stereocenters. The van der Waals surface area contributed by atoms with E-state index in [0.717, 1.165) is 36.8 Å². The van der Waals surface area contributed by atoms with Crippen molar-refractivity contribution in [3.63, 3.8) is 0 Å². The van der Waals surface area contributed by atoms with Crippen LogP contribution in [0.4, 0.5) is 0 Å². The maximum atomic E-state index is 12.8. The van der Waals surface area contributed by atoms with Gasteiger partial charge in [0.2, 0.25) is 5.91 Å². The topological polar surface area (TPSA) is 75.2 Å². The highest BCUT2D eigenvalue weighted by Crippen LogP contribution is 2.23. The molecule has 27 heavy (non-hydrogen) atoms. The number of carbonyl (C=O) groups is 2. The minimum absolute atomic E-state index is 0.0312. The second kappa shape index (κ2) is 7.86. The number of rotatable bonds is 4. The summed E-state index contributed by atoms with van der Waals surface area (Å²) in [4.78, 5) is 35.0. The Kier molecular flexibility index (Phi) is 5.14. The molecule has 1 aromatic carbocycles. The first kappa shape index (κ1) is 17.6. The van der Waals surface area contributed by atoms with Crippen molar-refractivity contribution in [2.45, 2.75) is 38.1 Å². The van der Waals surface area contributed by atoms with Gasteiger partial charge in [-0.3, -0.25) is 9.59 Å². The van der Waals surface area contributed by atoms with Gasteiger partial charge >= 0.3 is 0 Å². The van der Waals surface area contributed by atoms with Crippen molar-refractivity contribution in [2.24, 2.45) is 5.92 Å². The van der Waals surface area contributed by atoms with E-state index in [0.29, 0.717) is 24.7 Å². The molecule has 1 aliphatic carbocycles. The first-order valence-electron chi connectivity index (χ1n) is 9.66. The molecule has 1 aromatic heterocycles. The summed E-state index contributed by atoms with van der Waals surface area (Å²) in [5, 5.41) is 3.13. The number of amides is 2. The number of hydrogen-bond donors (Lipinski definition) is 1. The molecule has 0 bridgehead atoms. The lowest BCUT2D eigenvalue weighted by atomic mass is 9.90. The number of nitrogens with one attached hydrogen (secondary N) is 1. The second-order valence-electron chi connectivity index (χ2n) is 7.41. The van der Waals surface area contributed by atoms with Gasteiger partial charge in [-0.1, -0.05) is 12.1 Å². The largest absolute Gasteiger partial charge is 0.353 e. The Hall–Kier alpha value is -2.76. The van der Waals surface area contributed by atoms with Gasteiger partial charge in [-0.15, -0.1) is 0 Å². The van der Waals surface area contributed by atoms with E-state index in [1.54, 1.807) is 12.4 Å². The fourth-order valence-electron chi connectivity index (χ4n) is 3.65. The quantitative estimate of drug-likeness (QED) is 0.905. The Bertz CT molecular complexity index is 795. The molecule has 0 radical (unpaired) electrons. The van der Waals surface area contributed by atoms with Crippen molar-refractivity contribution in [1.82, 2.24) is 20.2 Å². The van der Waals surface area contributed by atoms with Crippen molar-refractivity contribution in [3.8, 4) is 11.1 Å². The average molecular weight is 364 g/mol. The monoisotopic (exact) mass is 364 g/mol. The summed E-state index contributed by atoms with van der Waals surface area (Å²) in [6, 6.07) is 7.92. The van der Waals surface area contributed by atoms with Gasteiger partial charge in [0.1, 0.15) is 6.33 Å². The van der Waals surface area contributed by atoms with E-state index in [2.05, 4.69) is 15.3 Å². The zero-order chi connectivity index (χ0) is 18.6. The number of carbonyl (C=O) groups excluding carboxylic acids is 2. The van der Waals surface area contributed by atoms with Crippen LogP contribution in [0.15, 0.2) is 43.0 Å². The predicted octanol–water partition coefficient (Wildman–Crippen LogP) is 2.66. The van der Waals surface area contributed by atoms with E-state index < -0.39 is 0 Å². The van der Waals surface area contributed by atoms with Crippen LogP contribution >= 0.6 is 0 Å². The van der Waals surface area contributed by atoms with Crippen LogP contribution in [-0.2, 0) is 4.79 Å². The first-order valence-corrected chi connectivity index (χ1v) is 9.66. The molecule has 2 amide bonds. The molecule has 140 valence electrons. The molecule has 2 aromatic rings. The van der Waals surface area contributed by atoms with E-state index in [9.17, 15) is 9.59 Å². The molecule has 6 nitrogen and oxygen atoms in total. The van der Waals surface area contributed by atoms with Gasteiger partial charge in [0, 0.05) is 48.6 Å². The van der Waals surface area contributed by atoms with Gasteiger partial charge in [-0.05, 0) is 49.8 Å². The summed E-state index contributed by atoms with van der Waals surface area (Å²) < 4.78 is 0. The SMILES string of the molecule is O=C(NC1CCC1)C1CCN(C(=O)c2ccc(-c3cncnc3)cc2)CC1. The van der Waals surface area contributed by atoms with Crippen LogP contribution in [0, 0.1) is 5.92 Å². The molecule has 1 N–H and O–H groups in total. The van der Waals surface area contributed by atoms with Crippen LogP contribution < -0.4 is 5.32 Å². The molecule has 0 atom stereocenters. The van der Waals surface area contributed by atoms with Crippen LogP contribution in [0.1, 0.15) is 42.5 Å². The summed E-state index contributed by atoms with van der Waals surface area (Å²) in [5.74, 6) is 0.236. The third kappa shape index (κ3) is 3.99. The van der Waals surface area contributed by atoms with Crippen molar-refractivity contribution < 1.29 is 9.59 Å². The normalized spacial score (nSPS) is 18.0. The standard InChI is InChI=1S/C21H24N4O2/c26-20(24-19-2-1-3-19)16-8-10-25(11-9-16)21(27)17-6-4-15(5-7-17)18-12-22-14-23-13-18/h4-7,12-14,16,19H,1-3,8-11H2,(H,24,26). The fraction of sp³-hybridized carbons (Fsp3) is 0.429. The highest BCUT2D eigenvalue weighted by Gasteiger charge is 2.30. The zero-order valence-electron chi connectivity index (χ0n) is 15.3. The van der Waals surface area contributed by atoms with E-state index in [-0.39, 0.29) is 17.7 Å². The molecule has 1 saturated carbocycles. The lowest BCUT2D eigenvalue weighted by molar-refractivity contribution is -0.127. The fourth-order valence-corrected chi connectivity index (χ4v) is 3.65. The smallest absolute Gasteiger partial charge is 0.253 e. The van der Waals surface area contributed by atoms with Crippen LogP contribution in [0.25, 0.3) is 11.1 Å². The van der Waals surface area contributed by atoms with E-state index in [1.807, 2.05) is 29.2 Å². The van der Waals surface area contributed by atoms with E-state index >= 15 is 0 Å². The average Bonchev–Trinajstić information content (AvgIpc) is 2.71. The van der Waals surface area contributed by atoms with Crippen molar-refractivity contribution in [2.75, 3.05) is 13.1 Å². The number of piperidine rings is 1. The van der Waals surface area contributed by atoms with Crippen molar-refractivity contribution >= 4 is 11.8 Å². The number of aromatic nitrogens is 2. The Morgan fingerprint density at radius 2 is 1.59 bits per heavy atom. The van der Waals surface area contributed by atoms with Crippen LogP contribution in [0.5, 0.6) is 0 Å². The van der Waals surface area contributed by atoms with Gasteiger partial charge in [0.15, 0.2) is 0 Å². The summed E-state index contributed by atoms with van der Waals surface area (Å²) in [7, 11) is 0. The Morgan fingerprint density at radius 3 is 2.19 bits per heavy atom. The summed E-state index contributed by atoms with van der Waals surface area (Å²) in [5.41, 5.74) is 2.58. The second-order valence-corrected chi connectivity index (χ2v) is 7.41. The molecular formula is C21H24N4O2. The van der Waals surface area contributed by atoms with Gasteiger partial charge in [-0.2, -0.15) is 0 Å². The van der Waals surface area contributed by atoms with E-state index in [4.69, 9.17) is 0 Å². The number of hydrogen-bond acceptors (Lipinski definition) is 4. The zero-order valence-corrected chi connectivity index (χ0v) is 15.3. The van der Waals surface area contributed by atoms with E-state index in [1.165, 1.54) is 12.7 Å². The lowest BCUT2D eigenvalue weighted by Gasteiger charge is -2.33. The minimum Gasteiger partial charge on any atom is -0.353 e. The number of benzene rings is 1. The summed E-state index contributed by atoms with van der Waals surface area (Å²) >= 11 is 0. The third-order valence-electron chi connectivity index (χ3n) is 5.63. The van der Waals surface area contributed by atoms with Crippen LogP contribution in [-0.4, -0.2) is 45.8 Å². The number of likely N-dealkylation sites (tertiary alicyclic amines) is 1. The van der Waals surface area contributed by atoms with Gasteiger partial charge in [0.25, 0.3) is 5.91 Å². The Labute approximate surface area is 159 Å². The highest BCUT2D eigenvalue weighted by atomic mass is 16.2. The molecule has 2 fully saturated rings. The molecule has 6 heteroatoms. The Morgan fingerprint density at radius 1 is 0.926 bits per heavy atom. The van der Waals surface area contributed by atoms with Crippen LogP contribution in [0.2, 0.25) is 0 Å². The maximum absolute atomic E-state index is 12.8. The number of nitrogens with zero attached hydrogens (tertiary/aromatic N) is 3. The lowest BCUT2D eigenvalue weighted by Crippen LogP contribution is -2.47. The molecule has 4 rings (SSSR count). The van der Waals surface area contributed by atoms with Gasteiger partial charge < -0.3 is 10.2 Å². The highest BCUT2D eigenvalue weighted by molar-refractivity contribution is 5.95. The van der Waals surface area contributed by atoms with Crippen molar-refractivity contribution in [1.29, 1.82) is 0 Å². The molecule has 1 saturated heterocycles. The molecule has 2 heterocycles. The van der Waals surface area contributed by atoms with Crippen LogP contribution in [0.3, 0.4) is 0 Å². The molecular weight excluding hydrogens is 340 g/mol. The predicted molar refractivity (Wildman–Crippen MR) is 102 cm³/mol. The molecule has 0 spiro atoms. The summed E-state index contributed by atoms with van der Waals surface area (Å²) in [6.07, 6.45) is 9.91. The third-order valence-corrected chi connectivity index (χ3v) is 5.63. The first-order chi connectivity index (χ1) is 13.2. The van der Waals surface area contributed by atoms with Gasteiger partial charge in [0.05, 0.1) is 0 Å². The van der Waals surface area contributed by atoms with Crippen molar-refractivity contribution in [3.05, 3.63) is 48.5 Å². The minimum atomic E-state index is 0.0312.